The Labute approximate surface area is 204 Å². The van der Waals surface area contributed by atoms with Crippen molar-refractivity contribution in [2.75, 3.05) is 45.2 Å². The molecule has 1 aromatic rings. The van der Waals surface area contributed by atoms with Crippen molar-refractivity contribution in [2.24, 2.45) is 0 Å². The van der Waals surface area contributed by atoms with Gasteiger partial charge in [0.15, 0.2) is 0 Å². The van der Waals surface area contributed by atoms with E-state index in [-0.39, 0.29) is 5.91 Å². The average Bonchev–Trinajstić information content (AvgIpc) is 2.91. The standard InChI is InChI=1S/C17H28N4O.2C2HF3O2/c1-5-6-16(22)21-12-11-20(10-9-19(3)4)17-15(13-21)8-7-14(2)18-17;2*3-2(4,5)1(6)7/h7-8H,5-6,9-13H2,1-4H3;2*(H,6,7). The number of aliphatic carboxylic acids is 2. The summed E-state index contributed by atoms with van der Waals surface area (Å²) in [4.78, 5) is 41.3. The third-order valence-electron chi connectivity index (χ3n) is 4.51. The largest absolute Gasteiger partial charge is 0.490 e. The lowest BCUT2D eigenvalue weighted by molar-refractivity contribution is -0.193. The molecule has 0 aromatic carbocycles. The Bertz CT molecular complexity index is 853. The van der Waals surface area contributed by atoms with Crippen LogP contribution in [0.25, 0.3) is 0 Å². The first-order chi connectivity index (χ1) is 16.4. The van der Waals surface area contributed by atoms with Crippen LogP contribution >= 0.6 is 0 Å². The molecule has 0 atom stereocenters. The maximum atomic E-state index is 12.3. The van der Waals surface area contributed by atoms with Crippen LogP contribution in [0.5, 0.6) is 0 Å². The minimum absolute atomic E-state index is 0.253. The summed E-state index contributed by atoms with van der Waals surface area (Å²) in [6.45, 7) is 8.31. The predicted octanol–water partition coefficient (Wildman–Crippen LogP) is 3.17. The first-order valence-corrected chi connectivity index (χ1v) is 10.6. The number of aromatic nitrogens is 1. The van der Waals surface area contributed by atoms with E-state index < -0.39 is 24.3 Å². The molecule has 1 aliphatic rings. The molecule has 0 aliphatic carbocycles. The van der Waals surface area contributed by atoms with E-state index in [0.717, 1.165) is 49.7 Å². The summed E-state index contributed by atoms with van der Waals surface area (Å²) >= 11 is 0. The molecule has 0 saturated carbocycles. The van der Waals surface area contributed by atoms with Gasteiger partial charge in [-0.25, -0.2) is 14.6 Å². The number of amides is 1. The number of fused-ring (bicyclic) bond motifs is 1. The Morgan fingerprint density at radius 1 is 1.00 bits per heavy atom. The zero-order valence-corrected chi connectivity index (χ0v) is 20.3. The zero-order valence-electron chi connectivity index (χ0n) is 20.3. The summed E-state index contributed by atoms with van der Waals surface area (Å²) in [5.41, 5.74) is 2.19. The summed E-state index contributed by atoms with van der Waals surface area (Å²) in [5, 5.41) is 14.2. The number of carboxylic acid groups (broad SMARTS) is 2. The molecule has 1 aromatic heterocycles. The van der Waals surface area contributed by atoms with Crippen LogP contribution in [0.1, 0.15) is 31.0 Å². The van der Waals surface area contributed by atoms with Gasteiger partial charge in [-0.05, 0) is 33.5 Å². The van der Waals surface area contributed by atoms with Crippen LogP contribution in [0, 0.1) is 6.92 Å². The molecule has 0 spiro atoms. The van der Waals surface area contributed by atoms with Crippen molar-refractivity contribution in [1.29, 1.82) is 0 Å². The highest BCUT2D eigenvalue weighted by Crippen LogP contribution is 2.24. The van der Waals surface area contributed by atoms with Gasteiger partial charge in [0, 0.05) is 50.4 Å². The van der Waals surface area contributed by atoms with Crippen molar-refractivity contribution in [2.45, 2.75) is 45.6 Å². The molecule has 1 amide bonds. The van der Waals surface area contributed by atoms with E-state index in [4.69, 9.17) is 24.8 Å². The Morgan fingerprint density at radius 2 is 1.50 bits per heavy atom. The number of halogens is 6. The first kappa shape index (κ1) is 32.9. The number of hydrogen-bond acceptors (Lipinski definition) is 6. The van der Waals surface area contributed by atoms with Crippen molar-refractivity contribution in [3.8, 4) is 0 Å². The molecule has 0 bridgehead atoms. The fourth-order valence-corrected chi connectivity index (χ4v) is 2.72. The topological polar surface area (TPSA) is 114 Å². The molecular formula is C21H30F6N4O5. The van der Waals surface area contributed by atoms with Gasteiger partial charge < -0.3 is 24.9 Å². The lowest BCUT2D eigenvalue weighted by Gasteiger charge is -2.25. The van der Waals surface area contributed by atoms with Gasteiger partial charge in [0.1, 0.15) is 5.82 Å². The van der Waals surface area contributed by atoms with Crippen molar-refractivity contribution in [3.63, 3.8) is 0 Å². The van der Waals surface area contributed by atoms with E-state index in [2.05, 4.69) is 36.9 Å². The van der Waals surface area contributed by atoms with Crippen molar-refractivity contribution >= 4 is 23.7 Å². The second-order valence-corrected chi connectivity index (χ2v) is 7.90. The van der Waals surface area contributed by atoms with Crippen LogP contribution in [0.15, 0.2) is 12.1 Å². The molecule has 2 N–H and O–H groups in total. The quantitative estimate of drug-likeness (QED) is 0.556. The van der Waals surface area contributed by atoms with Gasteiger partial charge >= 0.3 is 24.3 Å². The van der Waals surface area contributed by atoms with Gasteiger partial charge in [-0.2, -0.15) is 26.3 Å². The lowest BCUT2D eigenvalue weighted by atomic mass is 10.2. The summed E-state index contributed by atoms with van der Waals surface area (Å²) < 4.78 is 63.5. The SMILES string of the molecule is CCCC(=O)N1CCN(CCN(C)C)c2nc(C)ccc2C1.O=C(O)C(F)(F)F.O=C(O)C(F)(F)F. The second kappa shape index (κ2) is 14.5. The fraction of sp³-hybridized carbons (Fsp3) is 0.619. The molecule has 0 unspecified atom stereocenters. The second-order valence-electron chi connectivity index (χ2n) is 7.90. The Hall–Kier alpha value is -3.10. The maximum absolute atomic E-state index is 12.3. The van der Waals surface area contributed by atoms with Crippen LogP contribution in [0.2, 0.25) is 0 Å². The number of pyridine rings is 1. The lowest BCUT2D eigenvalue weighted by Crippen LogP contribution is -2.38. The molecule has 1 aliphatic heterocycles. The van der Waals surface area contributed by atoms with Gasteiger partial charge in [-0.1, -0.05) is 13.0 Å². The van der Waals surface area contributed by atoms with Gasteiger partial charge in [0.2, 0.25) is 5.91 Å². The van der Waals surface area contributed by atoms with E-state index in [1.807, 2.05) is 17.9 Å². The number of hydrogen-bond donors (Lipinski definition) is 2. The highest BCUT2D eigenvalue weighted by Gasteiger charge is 2.38. The molecule has 0 saturated heterocycles. The number of likely N-dealkylation sites (N-methyl/N-ethyl adjacent to an activating group) is 1. The molecule has 2 rings (SSSR count). The molecule has 36 heavy (non-hydrogen) atoms. The first-order valence-electron chi connectivity index (χ1n) is 10.6. The van der Waals surface area contributed by atoms with Gasteiger partial charge in [-0.15, -0.1) is 0 Å². The predicted molar refractivity (Wildman–Crippen MR) is 117 cm³/mol. The summed E-state index contributed by atoms with van der Waals surface area (Å²) in [5.74, 6) is -4.21. The summed E-state index contributed by atoms with van der Waals surface area (Å²) in [6, 6.07) is 4.16. The van der Waals surface area contributed by atoms with Crippen molar-refractivity contribution in [3.05, 3.63) is 23.4 Å². The van der Waals surface area contributed by atoms with E-state index in [1.54, 1.807) is 0 Å². The molecule has 206 valence electrons. The van der Waals surface area contributed by atoms with Crippen molar-refractivity contribution in [1.82, 2.24) is 14.8 Å². The normalized spacial score (nSPS) is 13.5. The summed E-state index contributed by atoms with van der Waals surface area (Å²) in [6.07, 6.45) is -8.63. The number of carboxylic acids is 2. The highest BCUT2D eigenvalue weighted by molar-refractivity contribution is 5.76. The van der Waals surface area contributed by atoms with E-state index in [1.165, 1.54) is 0 Å². The number of anilines is 1. The minimum Gasteiger partial charge on any atom is -0.475 e. The zero-order chi connectivity index (χ0) is 28.3. The number of carbonyl (C=O) groups is 3. The van der Waals surface area contributed by atoms with Gasteiger partial charge in [0.25, 0.3) is 0 Å². The molecule has 2 heterocycles. The van der Waals surface area contributed by atoms with Crippen LogP contribution < -0.4 is 4.90 Å². The summed E-state index contributed by atoms with van der Waals surface area (Å²) in [7, 11) is 4.17. The smallest absolute Gasteiger partial charge is 0.475 e. The van der Waals surface area contributed by atoms with Crippen LogP contribution in [-0.4, -0.2) is 95.5 Å². The monoisotopic (exact) mass is 532 g/mol. The molecular weight excluding hydrogens is 502 g/mol. The number of carbonyl (C=O) groups excluding carboxylic acids is 1. The number of alkyl halides is 6. The Balaban J connectivity index is 0.000000720. The highest BCUT2D eigenvalue weighted by atomic mass is 19.4. The molecule has 15 heteroatoms. The average molecular weight is 532 g/mol. The third-order valence-corrected chi connectivity index (χ3v) is 4.51. The van der Waals surface area contributed by atoms with Crippen LogP contribution in [-0.2, 0) is 20.9 Å². The van der Waals surface area contributed by atoms with E-state index >= 15 is 0 Å². The Morgan fingerprint density at radius 3 is 1.92 bits per heavy atom. The maximum Gasteiger partial charge on any atom is 0.490 e. The Kier molecular flexibility index (Phi) is 13.2. The number of rotatable bonds is 5. The molecule has 0 fully saturated rings. The van der Waals surface area contributed by atoms with Gasteiger partial charge in [-0.3, -0.25) is 4.79 Å². The van der Waals surface area contributed by atoms with E-state index in [9.17, 15) is 31.1 Å². The minimum atomic E-state index is -5.08. The third kappa shape index (κ3) is 12.6. The van der Waals surface area contributed by atoms with Gasteiger partial charge in [0.05, 0.1) is 0 Å². The molecule has 0 radical (unpaired) electrons. The number of aryl methyl sites for hydroxylation is 1. The molecule has 9 nitrogen and oxygen atoms in total. The number of nitrogens with zero attached hydrogens (tertiary/aromatic N) is 4. The van der Waals surface area contributed by atoms with E-state index in [0.29, 0.717) is 13.0 Å². The fourth-order valence-electron chi connectivity index (χ4n) is 2.72. The van der Waals surface area contributed by atoms with Crippen molar-refractivity contribution < 1.29 is 50.9 Å². The van der Waals surface area contributed by atoms with Crippen LogP contribution in [0.4, 0.5) is 32.2 Å². The van der Waals surface area contributed by atoms with Crippen LogP contribution in [0.3, 0.4) is 0 Å².